The molecular formula is C19H18FN3O3. The third-order valence-electron chi connectivity index (χ3n) is 4.07. The fourth-order valence-electron chi connectivity index (χ4n) is 2.70. The molecule has 0 saturated carbocycles. The van der Waals surface area contributed by atoms with E-state index in [0.29, 0.717) is 22.7 Å². The summed E-state index contributed by atoms with van der Waals surface area (Å²) in [6.45, 7) is -0.209. The van der Waals surface area contributed by atoms with Gasteiger partial charge in [-0.3, -0.25) is 4.79 Å². The van der Waals surface area contributed by atoms with Crippen LogP contribution in [0.2, 0.25) is 0 Å². The van der Waals surface area contributed by atoms with Gasteiger partial charge in [0.25, 0.3) is 5.91 Å². The Hall–Kier alpha value is -3.08. The molecule has 0 aliphatic carbocycles. The van der Waals surface area contributed by atoms with Gasteiger partial charge in [-0.05, 0) is 31.3 Å². The molecule has 1 aliphatic heterocycles. The van der Waals surface area contributed by atoms with Crippen LogP contribution >= 0.6 is 0 Å². The monoisotopic (exact) mass is 355 g/mol. The van der Waals surface area contributed by atoms with Crippen molar-refractivity contribution in [2.75, 3.05) is 26.1 Å². The number of anilines is 1. The summed E-state index contributed by atoms with van der Waals surface area (Å²) >= 11 is 0. The standard InChI is InChI=1S/C19H18FN3O3/c1-21-11(10-24)3-4-12-14(20)5-6-15-18(12)13(19(25)23-15)9-16-17(26-2)7-8-22-16/h5-9,11,21-22,24H,10H2,1-2H3,(H,23,25)/b13-9-/t11-/m1/s1. The Morgan fingerprint density at radius 2 is 2.23 bits per heavy atom. The Labute approximate surface area is 150 Å². The van der Waals surface area contributed by atoms with E-state index >= 15 is 0 Å². The fourth-order valence-corrected chi connectivity index (χ4v) is 2.70. The number of hydrogen-bond donors (Lipinski definition) is 4. The molecule has 0 unspecified atom stereocenters. The van der Waals surface area contributed by atoms with Crippen LogP contribution in [0.5, 0.6) is 5.75 Å². The van der Waals surface area contributed by atoms with Gasteiger partial charge in [0.15, 0.2) is 0 Å². The number of hydrogen-bond acceptors (Lipinski definition) is 4. The maximum atomic E-state index is 14.4. The number of benzene rings is 1. The van der Waals surface area contributed by atoms with E-state index in [1.54, 1.807) is 25.4 Å². The fraction of sp³-hybridized carbons (Fsp3) is 0.211. The highest BCUT2D eigenvalue weighted by Crippen LogP contribution is 2.37. The summed E-state index contributed by atoms with van der Waals surface area (Å²) in [6, 6.07) is 3.99. The van der Waals surface area contributed by atoms with E-state index in [0.717, 1.165) is 0 Å². The Kier molecular flexibility index (Phi) is 5.07. The quantitative estimate of drug-likeness (QED) is 0.496. The lowest BCUT2D eigenvalue weighted by Crippen LogP contribution is -2.27. The molecule has 0 bridgehead atoms. The lowest BCUT2D eigenvalue weighted by Gasteiger charge is -2.06. The lowest BCUT2D eigenvalue weighted by atomic mass is 9.99. The normalized spacial score (nSPS) is 15.2. The van der Waals surface area contributed by atoms with Gasteiger partial charge in [-0.2, -0.15) is 0 Å². The molecule has 26 heavy (non-hydrogen) atoms. The van der Waals surface area contributed by atoms with Crippen LogP contribution in [0.25, 0.3) is 11.6 Å². The number of fused-ring (bicyclic) bond motifs is 1. The van der Waals surface area contributed by atoms with Crippen LogP contribution in [0.4, 0.5) is 10.1 Å². The summed E-state index contributed by atoms with van der Waals surface area (Å²) in [4.78, 5) is 15.4. The number of halogens is 1. The first-order chi connectivity index (χ1) is 12.6. The molecule has 4 N–H and O–H groups in total. The SMILES string of the molecule is CN[C@H](C#Cc1c(F)ccc2c1/C(=C/c1[nH]ccc1OC)C(=O)N2)CO. The van der Waals surface area contributed by atoms with Gasteiger partial charge in [0.1, 0.15) is 11.6 Å². The molecule has 0 radical (unpaired) electrons. The second kappa shape index (κ2) is 7.44. The molecule has 2 aromatic rings. The molecule has 1 amide bonds. The average molecular weight is 355 g/mol. The van der Waals surface area contributed by atoms with Crippen LogP contribution in [-0.2, 0) is 4.79 Å². The minimum atomic E-state index is -0.537. The Morgan fingerprint density at radius 3 is 2.92 bits per heavy atom. The number of aliphatic hydroxyl groups excluding tert-OH is 1. The number of H-pyrrole nitrogens is 1. The Morgan fingerprint density at radius 1 is 1.42 bits per heavy atom. The van der Waals surface area contributed by atoms with Gasteiger partial charge in [0, 0.05) is 11.8 Å². The zero-order valence-corrected chi connectivity index (χ0v) is 14.3. The first-order valence-corrected chi connectivity index (χ1v) is 7.96. The van der Waals surface area contributed by atoms with Crippen molar-refractivity contribution in [3.63, 3.8) is 0 Å². The minimum absolute atomic E-state index is 0.103. The number of likely N-dealkylation sites (N-methyl/N-ethyl adjacent to an activating group) is 1. The van der Waals surface area contributed by atoms with Crippen LogP contribution in [0.15, 0.2) is 24.4 Å². The van der Waals surface area contributed by atoms with Crippen LogP contribution < -0.4 is 15.4 Å². The van der Waals surface area contributed by atoms with Crippen LogP contribution in [0.3, 0.4) is 0 Å². The van der Waals surface area contributed by atoms with Crippen LogP contribution in [0.1, 0.15) is 16.8 Å². The number of methoxy groups -OCH3 is 1. The average Bonchev–Trinajstić information content (AvgIpc) is 3.22. The molecular weight excluding hydrogens is 337 g/mol. The number of rotatable bonds is 4. The molecule has 0 saturated heterocycles. The molecule has 134 valence electrons. The van der Waals surface area contributed by atoms with E-state index in [4.69, 9.17) is 4.74 Å². The van der Waals surface area contributed by atoms with Crippen molar-refractivity contribution in [2.45, 2.75) is 6.04 Å². The first-order valence-electron chi connectivity index (χ1n) is 7.96. The van der Waals surface area contributed by atoms with Gasteiger partial charge in [-0.1, -0.05) is 11.8 Å². The highest BCUT2D eigenvalue weighted by atomic mass is 19.1. The maximum absolute atomic E-state index is 14.4. The van der Waals surface area contributed by atoms with E-state index in [1.165, 1.54) is 19.2 Å². The van der Waals surface area contributed by atoms with E-state index in [-0.39, 0.29) is 23.7 Å². The third-order valence-corrected chi connectivity index (χ3v) is 4.07. The minimum Gasteiger partial charge on any atom is -0.495 e. The maximum Gasteiger partial charge on any atom is 0.256 e. The molecule has 2 heterocycles. The van der Waals surface area contributed by atoms with E-state index < -0.39 is 11.9 Å². The summed E-state index contributed by atoms with van der Waals surface area (Å²) in [5.74, 6) is 5.21. The van der Waals surface area contributed by atoms with E-state index in [9.17, 15) is 14.3 Å². The summed E-state index contributed by atoms with van der Waals surface area (Å²) in [5.41, 5.74) is 1.87. The van der Waals surface area contributed by atoms with Crippen LogP contribution in [0, 0.1) is 17.7 Å². The van der Waals surface area contributed by atoms with Gasteiger partial charge in [0.05, 0.1) is 42.3 Å². The predicted octanol–water partition coefficient (Wildman–Crippen LogP) is 1.59. The van der Waals surface area contributed by atoms with Gasteiger partial charge in [-0.25, -0.2) is 4.39 Å². The van der Waals surface area contributed by atoms with E-state index in [2.05, 4.69) is 27.5 Å². The number of aromatic nitrogens is 1. The number of nitrogens with one attached hydrogen (secondary N) is 3. The second-order valence-electron chi connectivity index (χ2n) is 5.61. The molecule has 1 aromatic heterocycles. The van der Waals surface area contributed by atoms with Crippen LogP contribution in [-0.4, -0.2) is 42.8 Å². The molecule has 6 nitrogen and oxygen atoms in total. The summed E-state index contributed by atoms with van der Waals surface area (Å²) < 4.78 is 19.7. The third kappa shape index (κ3) is 3.20. The number of amides is 1. The highest BCUT2D eigenvalue weighted by Gasteiger charge is 2.29. The molecule has 3 rings (SSSR count). The Bertz CT molecular complexity index is 933. The second-order valence-corrected chi connectivity index (χ2v) is 5.61. The number of carbonyl (C=O) groups excluding carboxylic acids is 1. The van der Waals surface area contributed by atoms with E-state index in [1.807, 2.05) is 0 Å². The number of carbonyl (C=O) groups is 1. The zero-order chi connectivity index (χ0) is 18.7. The molecule has 0 fully saturated rings. The first kappa shape index (κ1) is 17.7. The zero-order valence-electron chi connectivity index (χ0n) is 14.3. The van der Waals surface area contributed by atoms with Gasteiger partial charge < -0.3 is 25.5 Å². The largest absolute Gasteiger partial charge is 0.495 e. The number of aromatic amines is 1. The van der Waals surface area contributed by atoms with Crippen molar-refractivity contribution in [1.82, 2.24) is 10.3 Å². The topological polar surface area (TPSA) is 86.4 Å². The number of ether oxygens (including phenoxy) is 1. The highest BCUT2D eigenvalue weighted by molar-refractivity contribution is 6.35. The van der Waals surface area contributed by atoms with Crippen molar-refractivity contribution in [3.8, 4) is 17.6 Å². The number of aliphatic hydroxyl groups is 1. The predicted molar refractivity (Wildman–Crippen MR) is 97.1 cm³/mol. The smallest absolute Gasteiger partial charge is 0.256 e. The van der Waals surface area contributed by atoms with Crippen molar-refractivity contribution in [2.24, 2.45) is 0 Å². The van der Waals surface area contributed by atoms with Crippen molar-refractivity contribution < 1.29 is 19.0 Å². The van der Waals surface area contributed by atoms with Gasteiger partial charge in [0.2, 0.25) is 0 Å². The van der Waals surface area contributed by atoms with Crippen molar-refractivity contribution in [1.29, 1.82) is 0 Å². The summed E-state index contributed by atoms with van der Waals surface area (Å²) in [6.07, 6.45) is 3.29. The molecule has 1 aliphatic rings. The molecule has 1 atom stereocenters. The molecule has 7 heteroatoms. The van der Waals surface area contributed by atoms with Crippen molar-refractivity contribution >= 4 is 23.2 Å². The summed E-state index contributed by atoms with van der Waals surface area (Å²) in [5, 5.41) is 14.8. The summed E-state index contributed by atoms with van der Waals surface area (Å²) in [7, 11) is 3.17. The molecule has 1 aromatic carbocycles. The van der Waals surface area contributed by atoms with Gasteiger partial charge >= 0.3 is 0 Å². The van der Waals surface area contributed by atoms with Crippen molar-refractivity contribution in [3.05, 3.63) is 47.0 Å². The van der Waals surface area contributed by atoms with Gasteiger partial charge in [-0.15, -0.1) is 0 Å². The Balaban J connectivity index is 2.14. The molecule has 0 spiro atoms. The lowest BCUT2D eigenvalue weighted by molar-refractivity contribution is -0.110.